The van der Waals surface area contributed by atoms with Gasteiger partial charge >= 0.3 is 0 Å². The summed E-state index contributed by atoms with van der Waals surface area (Å²) in [7, 11) is 0. The number of rotatable bonds is 9. The SMILES string of the molecule is CCCOc1cccc(CCNC(=NCC(=O)NC(C)(C)C)NCC)c1.I. The van der Waals surface area contributed by atoms with Crippen LogP contribution in [0.4, 0.5) is 0 Å². The van der Waals surface area contributed by atoms with Crippen LogP contribution in [-0.4, -0.2) is 43.6 Å². The van der Waals surface area contributed by atoms with Crippen LogP contribution in [0.5, 0.6) is 5.75 Å². The van der Waals surface area contributed by atoms with Gasteiger partial charge < -0.3 is 20.7 Å². The molecule has 0 radical (unpaired) electrons. The van der Waals surface area contributed by atoms with E-state index in [0.717, 1.165) is 38.3 Å². The maximum Gasteiger partial charge on any atom is 0.242 e. The van der Waals surface area contributed by atoms with E-state index < -0.39 is 0 Å². The highest BCUT2D eigenvalue weighted by molar-refractivity contribution is 14.0. The molecule has 1 amide bonds. The van der Waals surface area contributed by atoms with Crippen LogP contribution in [-0.2, 0) is 11.2 Å². The van der Waals surface area contributed by atoms with Gasteiger partial charge in [-0.1, -0.05) is 19.1 Å². The molecular weight excluding hydrogens is 455 g/mol. The van der Waals surface area contributed by atoms with Crippen LogP contribution in [0.15, 0.2) is 29.3 Å². The molecule has 6 nitrogen and oxygen atoms in total. The topological polar surface area (TPSA) is 74.8 Å². The van der Waals surface area contributed by atoms with Gasteiger partial charge in [-0.3, -0.25) is 4.79 Å². The van der Waals surface area contributed by atoms with Gasteiger partial charge in [-0.05, 0) is 58.2 Å². The molecule has 1 aromatic rings. The highest BCUT2D eigenvalue weighted by Crippen LogP contribution is 2.13. The van der Waals surface area contributed by atoms with Crippen molar-refractivity contribution >= 4 is 35.8 Å². The fraction of sp³-hybridized carbons (Fsp3) is 0.600. The maximum atomic E-state index is 11.9. The summed E-state index contributed by atoms with van der Waals surface area (Å²) in [6.45, 7) is 12.3. The molecule has 27 heavy (non-hydrogen) atoms. The van der Waals surface area contributed by atoms with Crippen LogP contribution in [0.25, 0.3) is 0 Å². The van der Waals surface area contributed by atoms with Gasteiger partial charge in [0.25, 0.3) is 0 Å². The first kappa shape index (κ1) is 25.5. The quantitative estimate of drug-likeness (QED) is 0.283. The molecular formula is C20H35IN4O2. The average Bonchev–Trinajstić information content (AvgIpc) is 2.57. The van der Waals surface area contributed by atoms with Crippen molar-refractivity contribution in [2.45, 2.75) is 53.0 Å². The minimum atomic E-state index is -0.247. The predicted octanol–water partition coefficient (Wildman–Crippen LogP) is 3.11. The summed E-state index contributed by atoms with van der Waals surface area (Å²) in [6.07, 6.45) is 1.85. The average molecular weight is 490 g/mol. The van der Waals surface area contributed by atoms with Crippen LogP contribution in [0, 0.1) is 0 Å². The summed E-state index contributed by atoms with van der Waals surface area (Å²) in [6, 6.07) is 8.14. The molecule has 0 saturated heterocycles. The molecule has 0 aromatic heterocycles. The van der Waals surface area contributed by atoms with Crippen molar-refractivity contribution in [2.24, 2.45) is 4.99 Å². The molecule has 7 heteroatoms. The molecule has 1 rings (SSSR count). The smallest absolute Gasteiger partial charge is 0.242 e. The second-order valence-electron chi connectivity index (χ2n) is 7.17. The lowest BCUT2D eigenvalue weighted by molar-refractivity contribution is -0.121. The second kappa shape index (κ2) is 13.6. The van der Waals surface area contributed by atoms with E-state index in [-0.39, 0.29) is 42.0 Å². The summed E-state index contributed by atoms with van der Waals surface area (Å²) in [5, 5.41) is 9.33. The molecule has 154 valence electrons. The van der Waals surface area contributed by atoms with Crippen LogP contribution in [0.3, 0.4) is 0 Å². The highest BCUT2D eigenvalue weighted by atomic mass is 127. The summed E-state index contributed by atoms with van der Waals surface area (Å²) >= 11 is 0. The van der Waals surface area contributed by atoms with Gasteiger partial charge in [0, 0.05) is 18.6 Å². The molecule has 0 atom stereocenters. The highest BCUT2D eigenvalue weighted by Gasteiger charge is 2.13. The zero-order valence-corrected chi connectivity index (χ0v) is 19.6. The second-order valence-corrected chi connectivity index (χ2v) is 7.17. The molecule has 0 fully saturated rings. The molecule has 0 aliphatic rings. The van der Waals surface area contributed by atoms with Crippen molar-refractivity contribution in [3.8, 4) is 5.75 Å². The number of nitrogens with zero attached hydrogens (tertiary/aromatic N) is 1. The Kier molecular flexibility index (Phi) is 12.9. The monoisotopic (exact) mass is 490 g/mol. The van der Waals surface area contributed by atoms with Crippen molar-refractivity contribution in [1.29, 1.82) is 0 Å². The predicted molar refractivity (Wildman–Crippen MR) is 123 cm³/mol. The summed E-state index contributed by atoms with van der Waals surface area (Å²) < 4.78 is 5.67. The number of ether oxygens (including phenoxy) is 1. The zero-order valence-electron chi connectivity index (χ0n) is 17.2. The molecule has 0 spiro atoms. The molecule has 3 N–H and O–H groups in total. The van der Waals surface area contributed by atoms with Gasteiger partial charge in [0.05, 0.1) is 6.61 Å². The third-order valence-corrected chi connectivity index (χ3v) is 3.32. The number of amides is 1. The number of carbonyl (C=O) groups excluding carboxylic acids is 1. The molecule has 0 unspecified atom stereocenters. The van der Waals surface area contributed by atoms with E-state index in [1.807, 2.05) is 39.8 Å². The van der Waals surface area contributed by atoms with Crippen molar-refractivity contribution in [2.75, 3.05) is 26.2 Å². The van der Waals surface area contributed by atoms with E-state index in [4.69, 9.17) is 4.74 Å². The molecule has 0 saturated carbocycles. The Balaban J connectivity index is 0.00000676. The summed E-state index contributed by atoms with van der Waals surface area (Å²) in [5.41, 5.74) is 0.955. The van der Waals surface area contributed by atoms with E-state index in [0.29, 0.717) is 5.96 Å². The molecule has 0 bridgehead atoms. The number of hydrogen-bond acceptors (Lipinski definition) is 3. The Morgan fingerprint density at radius 2 is 1.93 bits per heavy atom. The third kappa shape index (κ3) is 12.5. The molecule has 0 heterocycles. The van der Waals surface area contributed by atoms with Crippen LogP contribution < -0.4 is 20.7 Å². The van der Waals surface area contributed by atoms with Crippen LogP contribution in [0.1, 0.15) is 46.6 Å². The molecule has 1 aromatic carbocycles. The van der Waals surface area contributed by atoms with Gasteiger partial charge in [-0.25, -0.2) is 4.99 Å². The Bertz CT molecular complexity index is 586. The minimum Gasteiger partial charge on any atom is -0.494 e. The standard InChI is InChI=1S/C20H34N4O2.HI/c1-6-13-26-17-10-8-9-16(14-17)11-12-22-19(21-7-2)23-15-18(25)24-20(3,4)5;/h8-10,14H,6-7,11-13,15H2,1-5H3,(H,24,25)(H2,21,22,23);1H. The number of nitrogens with one attached hydrogen (secondary N) is 3. The number of guanidine groups is 1. The Morgan fingerprint density at radius 1 is 1.19 bits per heavy atom. The molecule has 0 aliphatic carbocycles. The zero-order chi connectivity index (χ0) is 19.4. The van der Waals surface area contributed by atoms with Gasteiger partial charge in [0.1, 0.15) is 12.3 Å². The van der Waals surface area contributed by atoms with E-state index in [1.165, 1.54) is 5.56 Å². The van der Waals surface area contributed by atoms with Crippen molar-refractivity contribution in [1.82, 2.24) is 16.0 Å². The van der Waals surface area contributed by atoms with Crippen molar-refractivity contribution in [3.63, 3.8) is 0 Å². The number of hydrogen-bond donors (Lipinski definition) is 3. The van der Waals surface area contributed by atoms with E-state index >= 15 is 0 Å². The fourth-order valence-electron chi connectivity index (χ4n) is 2.29. The minimum absolute atomic E-state index is 0. The van der Waals surface area contributed by atoms with E-state index in [1.54, 1.807) is 0 Å². The lowest BCUT2D eigenvalue weighted by atomic mass is 10.1. The van der Waals surface area contributed by atoms with Gasteiger partial charge in [0.2, 0.25) is 5.91 Å². The first-order chi connectivity index (χ1) is 12.3. The summed E-state index contributed by atoms with van der Waals surface area (Å²) in [4.78, 5) is 16.2. The Morgan fingerprint density at radius 3 is 2.56 bits per heavy atom. The normalized spacial score (nSPS) is 11.4. The maximum absolute atomic E-state index is 11.9. The lowest BCUT2D eigenvalue weighted by Gasteiger charge is -2.20. The molecule has 0 aliphatic heterocycles. The van der Waals surface area contributed by atoms with Crippen molar-refractivity contribution in [3.05, 3.63) is 29.8 Å². The van der Waals surface area contributed by atoms with Gasteiger partial charge in [-0.15, -0.1) is 24.0 Å². The number of benzene rings is 1. The van der Waals surface area contributed by atoms with Gasteiger partial charge in [0.15, 0.2) is 5.96 Å². The number of aliphatic imine (C=N–C) groups is 1. The van der Waals surface area contributed by atoms with E-state index in [9.17, 15) is 4.79 Å². The van der Waals surface area contributed by atoms with Crippen molar-refractivity contribution < 1.29 is 9.53 Å². The lowest BCUT2D eigenvalue weighted by Crippen LogP contribution is -2.43. The fourth-order valence-corrected chi connectivity index (χ4v) is 2.29. The third-order valence-electron chi connectivity index (χ3n) is 3.32. The summed E-state index contributed by atoms with van der Waals surface area (Å²) in [5.74, 6) is 1.47. The Hall–Kier alpha value is -1.51. The first-order valence-electron chi connectivity index (χ1n) is 9.39. The number of halogens is 1. The van der Waals surface area contributed by atoms with E-state index in [2.05, 4.69) is 40.0 Å². The van der Waals surface area contributed by atoms with Gasteiger partial charge in [-0.2, -0.15) is 0 Å². The number of carbonyl (C=O) groups is 1. The first-order valence-corrected chi connectivity index (χ1v) is 9.39. The largest absolute Gasteiger partial charge is 0.494 e. The van der Waals surface area contributed by atoms with Crippen LogP contribution >= 0.6 is 24.0 Å². The Labute approximate surface area is 181 Å². The van der Waals surface area contributed by atoms with Crippen LogP contribution in [0.2, 0.25) is 0 Å².